The van der Waals surface area contributed by atoms with Crippen LogP contribution in [-0.4, -0.2) is 47.2 Å². The SMILES string of the molecule is NC(=O)[C@@H](NC(=O)[C@H]1CCCN1C(=O)OCc1ccccc1)[C@H]1CCCC(=O)C1. The maximum atomic E-state index is 12.8. The molecule has 8 nitrogen and oxygen atoms in total. The summed E-state index contributed by atoms with van der Waals surface area (Å²) < 4.78 is 5.35. The number of rotatable bonds is 6. The third-order valence-electron chi connectivity index (χ3n) is 5.59. The van der Waals surface area contributed by atoms with Crippen LogP contribution in [0.3, 0.4) is 0 Å². The average Bonchev–Trinajstić information content (AvgIpc) is 3.21. The Bertz CT molecular complexity index is 767. The maximum Gasteiger partial charge on any atom is 0.410 e. The van der Waals surface area contributed by atoms with Crippen molar-refractivity contribution in [1.29, 1.82) is 0 Å². The van der Waals surface area contributed by atoms with Gasteiger partial charge in [0.25, 0.3) is 0 Å². The Morgan fingerprint density at radius 1 is 1.17 bits per heavy atom. The summed E-state index contributed by atoms with van der Waals surface area (Å²) in [5.41, 5.74) is 6.35. The standard InChI is InChI=1S/C21H27N3O5/c22-19(26)18(15-8-4-9-16(25)12-15)23-20(27)17-10-5-11-24(17)21(28)29-13-14-6-2-1-3-7-14/h1-3,6-7,15,17-18H,4-5,8-13H2,(H2,22,26)(H,23,27)/t15-,17+,18-/m0/s1. The molecule has 1 saturated heterocycles. The van der Waals surface area contributed by atoms with Crippen molar-refractivity contribution in [3.05, 3.63) is 35.9 Å². The van der Waals surface area contributed by atoms with Crippen LogP contribution in [0.5, 0.6) is 0 Å². The van der Waals surface area contributed by atoms with Crippen molar-refractivity contribution >= 4 is 23.7 Å². The van der Waals surface area contributed by atoms with E-state index < -0.39 is 30.0 Å². The minimum absolute atomic E-state index is 0.0775. The molecular weight excluding hydrogens is 374 g/mol. The molecule has 8 heteroatoms. The molecule has 1 aliphatic heterocycles. The summed E-state index contributed by atoms with van der Waals surface area (Å²) in [5.74, 6) is -1.30. The zero-order valence-corrected chi connectivity index (χ0v) is 16.3. The largest absolute Gasteiger partial charge is 0.445 e. The monoisotopic (exact) mass is 401 g/mol. The smallest absolute Gasteiger partial charge is 0.410 e. The Hall–Kier alpha value is -2.90. The summed E-state index contributed by atoms with van der Waals surface area (Å²) in [4.78, 5) is 50.4. The summed E-state index contributed by atoms with van der Waals surface area (Å²) in [6.07, 6.45) is 2.68. The summed E-state index contributed by atoms with van der Waals surface area (Å²) in [5, 5.41) is 2.69. The molecule has 0 spiro atoms. The number of nitrogens with zero attached hydrogens (tertiary/aromatic N) is 1. The first kappa shape index (κ1) is 20.8. The Morgan fingerprint density at radius 2 is 1.93 bits per heavy atom. The van der Waals surface area contributed by atoms with E-state index in [1.54, 1.807) is 0 Å². The number of amides is 3. The zero-order valence-electron chi connectivity index (χ0n) is 16.3. The van der Waals surface area contributed by atoms with E-state index in [0.717, 1.165) is 5.56 Å². The third kappa shape index (κ3) is 5.34. The van der Waals surface area contributed by atoms with Gasteiger partial charge >= 0.3 is 6.09 Å². The molecule has 1 aromatic rings. The molecule has 0 aromatic heterocycles. The molecule has 0 unspecified atom stereocenters. The lowest BCUT2D eigenvalue weighted by Gasteiger charge is -2.30. The van der Waals surface area contributed by atoms with E-state index in [1.165, 1.54) is 4.90 Å². The Labute approximate surface area is 169 Å². The second-order valence-corrected chi connectivity index (χ2v) is 7.68. The first-order chi connectivity index (χ1) is 14.0. The van der Waals surface area contributed by atoms with Crippen LogP contribution in [0.1, 0.15) is 44.1 Å². The van der Waals surface area contributed by atoms with E-state index in [1.807, 2.05) is 30.3 Å². The summed E-state index contributed by atoms with van der Waals surface area (Å²) >= 11 is 0. The quantitative estimate of drug-likeness (QED) is 0.749. The van der Waals surface area contributed by atoms with Gasteiger partial charge in [-0.1, -0.05) is 30.3 Å². The number of primary amides is 1. The van der Waals surface area contributed by atoms with Crippen LogP contribution < -0.4 is 11.1 Å². The fourth-order valence-corrected chi connectivity index (χ4v) is 4.07. The number of Topliss-reactive ketones (excluding diaryl/α,β-unsaturated/α-hetero) is 1. The van der Waals surface area contributed by atoms with Gasteiger partial charge in [0.15, 0.2) is 0 Å². The summed E-state index contributed by atoms with van der Waals surface area (Å²) in [6, 6.07) is 7.68. The highest BCUT2D eigenvalue weighted by atomic mass is 16.6. The molecule has 3 atom stereocenters. The highest BCUT2D eigenvalue weighted by Gasteiger charge is 2.38. The van der Waals surface area contributed by atoms with Crippen molar-refractivity contribution in [2.45, 2.75) is 57.2 Å². The second kappa shape index (κ2) is 9.54. The molecule has 3 rings (SSSR count). The topological polar surface area (TPSA) is 119 Å². The number of hydrogen-bond donors (Lipinski definition) is 2. The van der Waals surface area contributed by atoms with Crippen LogP contribution in [0.2, 0.25) is 0 Å². The van der Waals surface area contributed by atoms with E-state index in [2.05, 4.69) is 5.32 Å². The molecule has 2 fully saturated rings. The van der Waals surface area contributed by atoms with Gasteiger partial charge in [0.2, 0.25) is 11.8 Å². The van der Waals surface area contributed by atoms with Crippen molar-refractivity contribution in [3.8, 4) is 0 Å². The van der Waals surface area contributed by atoms with Crippen LogP contribution >= 0.6 is 0 Å². The van der Waals surface area contributed by atoms with Crippen molar-refractivity contribution in [2.24, 2.45) is 11.7 Å². The zero-order chi connectivity index (χ0) is 20.8. The number of ether oxygens (including phenoxy) is 1. The molecule has 1 heterocycles. The van der Waals surface area contributed by atoms with Crippen molar-refractivity contribution in [3.63, 3.8) is 0 Å². The van der Waals surface area contributed by atoms with Crippen LogP contribution in [0.15, 0.2) is 30.3 Å². The van der Waals surface area contributed by atoms with E-state index in [-0.39, 0.29) is 24.7 Å². The predicted molar refractivity (Wildman–Crippen MR) is 104 cm³/mol. The van der Waals surface area contributed by atoms with E-state index in [9.17, 15) is 19.2 Å². The highest BCUT2D eigenvalue weighted by Crippen LogP contribution is 2.25. The van der Waals surface area contributed by atoms with Gasteiger partial charge in [-0.2, -0.15) is 0 Å². The molecule has 0 bridgehead atoms. The normalized spacial score (nSPS) is 22.8. The number of hydrogen-bond acceptors (Lipinski definition) is 5. The van der Waals surface area contributed by atoms with Gasteiger partial charge in [0.05, 0.1) is 0 Å². The first-order valence-corrected chi connectivity index (χ1v) is 10.0. The van der Waals surface area contributed by atoms with Gasteiger partial charge < -0.3 is 15.8 Å². The Kier molecular flexibility index (Phi) is 6.85. The molecule has 156 valence electrons. The lowest BCUT2D eigenvalue weighted by Crippen LogP contribution is -2.55. The van der Waals surface area contributed by atoms with E-state index in [4.69, 9.17) is 10.5 Å². The minimum Gasteiger partial charge on any atom is -0.445 e. The fourth-order valence-electron chi connectivity index (χ4n) is 4.07. The van der Waals surface area contributed by atoms with Gasteiger partial charge in [-0.15, -0.1) is 0 Å². The first-order valence-electron chi connectivity index (χ1n) is 10.0. The number of ketones is 1. The predicted octanol–water partition coefficient (Wildman–Crippen LogP) is 1.52. The number of likely N-dealkylation sites (tertiary alicyclic amines) is 1. The Balaban J connectivity index is 1.60. The highest BCUT2D eigenvalue weighted by molar-refractivity contribution is 5.92. The number of nitrogens with one attached hydrogen (secondary N) is 1. The fraction of sp³-hybridized carbons (Fsp3) is 0.524. The molecule has 1 aromatic carbocycles. The van der Waals surface area contributed by atoms with Crippen molar-refractivity contribution < 1.29 is 23.9 Å². The second-order valence-electron chi connectivity index (χ2n) is 7.68. The minimum atomic E-state index is -0.908. The lowest BCUT2D eigenvalue weighted by atomic mass is 9.82. The van der Waals surface area contributed by atoms with E-state index >= 15 is 0 Å². The molecule has 3 amide bonds. The third-order valence-corrected chi connectivity index (χ3v) is 5.59. The van der Waals surface area contributed by atoms with Crippen LogP contribution in [-0.2, 0) is 25.7 Å². The van der Waals surface area contributed by atoms with Gasteiger partial charge in [0, 0.05) is 19.4 Å². The van der Waals surface area contributed by atoms with Gasteiger partial charge in [-0.05, 0) is 37.2 Å². The molecule has 1 saturated carbocycles. The molecule has 1 aliphatic carbocycles. The van der Waals surface area contributed by atoms with Crippen LogP contribution in [0.4, 0.5) is 4.79 Å². The Morgan fingerprint density at radius 3 is 2.62 bits per heavy atom. The van der Waals surface area contributed by atoms with Crippen molar-refractivity contribution in [2.75, 3.05) is 6.54 Å². The number of carbonyl (C=O) groups is 4. The molecular formula is C21H27N3O5. The summed E-state index contributed by atoms with van der Waals surface area (Å²) in [7, 11) is 0. The molecule has 3 N–H and O–H groups in total. The van der Waals surface area contributed by atoms with Crippen LogP contribution in [0, 0.1) is 5.92 Å². The molecule has 0 radical (unpaired) electrons. The number of benzene rings is 1. The van der Waals surface area contributed by atoms with Gasteiger partial charge in [-0.3, -0.25) is 19.3 Å². The molecule has 2 aliphatic rings. The summed E-state index contributed by atoms with van der Waals surface area (Å²) in [6.45, 7) is 0.535. The van der Waals surface area contributed by atoms with E-state index in [0.29, 0.717) is 38.6 Å². The lowest BCUT2D eigenvalue weighted by molar-refractivity contribution is -0.132. The van der Waals surface area contributed by atoms with Gasteiger partial charge in [0.1, 0.15) is 24.5 Å². The number of nitrogens with two attached hydrogens (primary N) is 1. The van der Waals surface area contributed by atoms with Crippen molar-refractivity contribution in [1.82, 2.24) is 10.2 Å². The number of carbonyl (C=O) groups excluding carboxylic acids is 4. The average molecular weight is 401 g/mol. The van der Waals surface area contributed by atoms with Gasteiger partial charge in [-0.25, -0.2) is 4.79 Å². The van der Waals surface area contributed by atoms with Crippen LogP contribution in [0.25, 0.3) is 0 Å². The maximum absolute atomic E-state index is 12.8. The molecule has 29 heavy (non-hydrogen) atoms.